The number of aromatic hydroxyl groups is 1. The Morgan fingerprint density at radius 2 is 1.90 bits per heavy atom. The lowest BCUT2D eigenvalue weighted by molar-refractivity contribution is 0.108. The number of anilines is 1. The van der Waals surface area contributed by atoms with Crippen LogP contribution in [0.4, 0.5) is 14.6 Å². The van der Waals surface area contributed by atoms with Gasteiger partial charge in [0.1, 0.15) is 24.8 Å². The first-order valence-corrected chi connectivity index (χ1v) is 14.9. The smallest absolute Gasteiger partial charge is 0.319 e. The molecule has 4 aliphatic heterocycles. The van der Waals surface area contributed by atoms with E-state index in [4.69, 9.17) is 31.0 Å². The predicted octanol–water partition coefficient (Wildman–Crippen LogP) is 5.27. The molecular weight excluding hydrogens is 564 g/mol. The molecule has 0 bridgehead atoms. The fourth-order valence-electron chi connectivity index (χ4n) is 7.42. The number of hydrogen-bond acceptors (Lipinski definition) is 8. The van der Waals surface area contributed by atoms with Crippen LogP contribution in [0.25, 0.3) is 32.8 Å². The number of phenolic OH excluding ortho intramolecular Hbond substituents is 1. The van der Waals surface area contributed by atoms with Crippen molar-refractivity contribution in [2.75, 3.05) is 50.8 Å². The molecular formula is C31H30ClF2N5O3. The standard InChI is InChI=1S/C31H30ClF2N5O3/c32-26-21(20-12-19(40)11-17-3-4-22(33)27(34)24(17)20)13-23-25-28(26)41-15-18-14-35-7-10-39(18)29(25)37-30(36-23)42-16-31-5-1-8-38(31)9-2-6-31/h3-4,11-13,18,35,40H,1-2,5-10,14-16H2. The molecule has 218 valence electrons. The number of nitrogens with one attached hydrogen (secondary N) is 1. The lowest BCUT2D eigenvalue weighted by Crippen LogP contribution is -2.53. The van der Waals surface area contributed by atoms with Gasteiger partial charge in [0.15, 0.2) is 17.4 Å². The van der Waals surface area contributed by atoms with E-state index in [1.807, 2.05) is 0 Å². The SMILES string of the molecule is Oc1cc(-c2cc3nc(OCC45CCCN4CCC5)nc4c3c(c2Cl)OCC2CNCCN42)c2c(F)c(F)ccc2c1. The molecule has 3 aromatic carbocycles. The molecule has 3 fully saturated rings. The van der Waals surface area contributed by atoms with Gasteiger partial charge in [0.2, 0.25) is 0 Å². The molecule has 4 aliphatic rings. The normalized spacial score (nSPS) is 21.3. The first kappa shape index (κ1) is 26.2. The fraction of sp³-hybridized carbons (Fsp3) is 0.419. The second-order valence-electron chi connectivity index (χ2n) is 11.8. The van der Waals surface area contributed by atoms with Crippen LogP contribution in [0.15, 0.2) is 30.3 Å². The highest BCUT2D eigenvalue weighted by Crippen LogP contribution is 2.49. The van der Waals surface area contributed by atoms with Gasteiger partial charge in [-0.2, -0.15) is 9.97 Å². The maximum atomic E-state index is 15.3. The summed E-state index contributed by atoms with van der Waals surface area (Å²) in [4.78, 5) is 14.5. The highest BCUT2D eigenvalue weighted by atomic mass is 35.5. The van der Waals surface area contributed by atoms with Crippen LogP contribution in [0.2, 0.25) is 5.02 Å². The monoisotopic (exact) mass is 593 g/mol. The Morgan fingerprint density at radius 1 is 1.07 bits per heavy atom. The van der Waals surface area contributed by atoms with E-state index in [-0.39, 0.29) is 39.3 Å². The van der Waals surface area contributed by atoms with E-state index in [9.17, 15) is 9.50 Å². The number of piperazine rings is 1. The Bertz CT molecular complexity index is 1740. The first-order chi connectivity index (χ1) is 20.4. The molecule has 0 saturated carbocycles. The molecule has 0 spiro atoms. The number of halogens is 3. The van der Waals surface area contributed by atoms with E-state index in [0.29, 0.717) is 53.2 Å². The van der Waals surface area contributed by atoms with E-state index in [1.165, 1.54) is 18.2 Å². The van der Waals surface area contributed by atoms with Gasteiger partial charge in [-0.05, 0) is 74.0 Å². The summed E-state index contributed by atoms with van der Waals surface area (Å²) in [5.41, 5.74) is 1.15. The van der Waals surface area contributed by atoms with Gasteiger partial charge in [-0.25, -0.2) is 8.78 Å². The van der Waals surface area contributed by atoms with Crippen molar-refractivity contribution in [3.05, 3.63) is 47.0 Å². The van der Waals surface area contributed by atoms with Crippen LogP contribution in [0.5, 0.6) is 17.5 Å². The molecule has 1 atom stereocenters. The summed E-state index contributed by atoms with van der Waals surface area (Å²) < 4.78 is 42.5. The van der Waals surface area contributed by atoms with Gasteiger partial charge in [-0.15, -0.1) is 0 Å². The Hall–Kier alpha value is -3.47. The second kappa shape index (κ2) is 9.79. The topological polar surface area (TPSA) is 83.0 Å². The minimum absolute atomic E-state index is 0.00325. The molecule has 8 rings (SSSR count). The van der Waals surface area contributed by atoms with Crippen LogP contribution in [-0.4, -0.2) is 77.5 Å². The van der Waals surface area contributed by atoms with Gasteiger partial charge in [-0.1, -0.05) is 17.7 Å². The van der Waals surface area contributed by atoms with Crippen LogP contribution in [0.1, 0.15) is 25.7 Å². The maximum Gasteiger partial charge on any atom is 0.319 e. The highest BCUT2D eigenvalue weighted by molar-refractivity contribution is 6.37. The van der Waals surface area contributed by atoms with Crippen LogP contribution in [0.3, 0.4) is 0 Å². The summed E-state index contributed by atoms with van der Waals surface area (Å²) in [5.74, 6) is -1.04. The second-order valence-corrected chi connectivity index (χ2v) is 12.2. The number of benzene rings is 3. The molecule has 0 amide bonds. The van der Waals surface area contributed by atoms with Crippen molar-refractivity contribution in [3.8, 4) is 28.6 Å². The third-order valence-corrected chi connectivity index (χ3v) is 9.82. The lowest BCUT2D eigenvalue weighted by atomic mass is 9.95. The van der Waals surface area contributed by atoms with E-state index in [0.717, 1.165) is 57.9 Å². The number of rotatable bonds is 4. The largest absolute Gasteiger partial charge is 0.508 e. The van der Waals surface area contributed by atoms with Gasteiger partial charge in [0.25, 0.3) is 0 Å². The Balaban J connectivity index is 1.33. The minimum Gasteiger partial charge on any atom is -0.508 e. The zero-order valence-electron chi connectivity index (χ0n) is 22.9. The van der Waals surface area contributed by atoms with Crippen molar-refractivity contribution in [2.24, 2.45) is 0 Å². The van der Waals surface area contributed by atoms with Crippen molar-refractivity contribution in [1.29, 1.82) is 0 Å². The summed E-state index contributed by atoms with van der Waals surface area (Å²) >= 11 is 7.04. The molecule has 1 aromatic heterocycles. The predicted molar refractivity (Wildman–Crippen MR) is 157 cm³/mol. The summed E-state index contributed by atoms with van der Waals surface area (Å²) in [7, 11) is 0. The fourth-order valence-corrected chi connectivity index (χ4v) is 7.73. The summed E-state index contributed by atoms with van der Waals surface area (Å²) in [6.45, 7) is 5.25. The molecule has 3 saturated heterocycles. The van der Waals surface area contributed by atoms with Crippen LogP contribution in [0, 0.1) is 11.6 Å². The minimum atomic E-state index is -1.02. The average molecular weight is 594 g/mol. The molecule has 2 N–H and O–H groups in total. The van der Waals surface area contributed by atoms with E-state index >= 15 is 4.39 Å². The lowest BCUT2D eigenvalue weighted by Gasteiger charge is -2.35. The number of hydrogen-bond donors (Lipinski definition) is 2. The molecule has 8 nitrogen and oxygen atoms in total. The van der Waals surface area contributed by atoms with Crippen molar-refractivity contribution in [3.63, 3.8) is 0 Å². The van der Waals surface area contributed by atoms with Gasteiger partial charge >= 0.3 is 6.01 Å². The molecule has 42 heavy (non-hydrogen) atoms. The van der Waals surface area contributed by atoms with E-state index in [2.05, 4.69) is 15.1 Å². The summed E-state index contributed by atoms with van der Waals surface area (Å²) in [5, 5.41) is 15.2. The van der Waals surface area contributed by atoms with Crippen molar-refractivity contribution >= 4 is 39.1 Å². The number of nitrogens with zero attached hydrogens (tertiary/aromatic N) is 4. The Labute approximate surface area is 246 Å². The Morgan fingerprint density at radius 3 is 2.74 bits per heavy atom. The quantitative estimate of drug-likeness (QED) is 0.331. The van der Waals surface area contributed by atoms with E-state index in [1.54, 1.807) is 6.07 Å². The van der Waals surface area contributed by atoms with Crippen molar-refractivity contribution in [1.82, 2.24) is 20.2 Å². The number of aromatic nitrogens is 2. The first-order valence-electron chi connectivity index (χ1n) is 14.6. The summed E-state index contributed by atoms with van der Waals surface area (Å²) in [6.07, 6.45) is 4.51. The Kier molecular flexibility index (Phi) is 6.10. The van der Waals surface area contributed by atoms with Gasteiger partial charge in [-0.3, -0.25) is 4.90 Å². The zero-order chi connectivity index (χ0) is 28.6. The maximum absolute atomic E-state index is 15.3. The van der Waals surface area contributed by atoms with Crippen molar-refractivity contribution < 1.29 is 23.4 Å². The zero-order valence-corrected chi connectivity index (χ0v) is 23.7. The molecule has 11 heteroatoms. The highest BCUT2D eigenvalue weighted by Gasteiger charge is 2.45. The van der Waals surface area contributed by atoms with Crippen LogP contribution >= 0.6 is 11.6 Å². The number of ether oxygens (including phenoxy) is 2. The van der Waals surface area contributed by atoms with Crippen molar-refractivity contribution in [2.45, 2.75) is 37.3 Å². The average Bonchev–Trinajstić information content (AvgIpc) is 3.52. The number of fused-ring (bicyclic) bond motifs is 4. The van der Waals surface area contributed by atoms with Gasteiger partial charge in [0.05, 0.1) is 27.5 Å². The third kappa shape index (κ3) is 3.99. The van der Waals surface area contributed by atoms with Crippen LogP contribution in [-0.2, 0) is 0 Å². The molecule has 0 radical (unpaired) electrons. The molecule has 5 heterocycles. The molecule has 0 aliphatic carbocycles. The third-order valence-electron chi connectivity index (χ3n) is 9.45. The molecule has 1 unspecified atom stereocenters. The van der Waals surface area contributed by atoms with Gasteiger partial charge < -0.3 is 24.8 Å². The summed E-state index contributed by atoms with van der Waals surface area (Å²) in [6, 6.07) is 7.27. The van der Waals surface area contributed by atoms with Gasteiger partial charge in [0, 0.05) is 30.6 Å². The van der Waals surface area contributed by atoms with Crippen LogP contribution < -0.4 is 19.7 Å². The van der Waals surface area contributed by atoms with E-state index < -0.39 is 11.6 Å². The number of phenols is 1. The molecule has 4 aromatic rings.